The fourth-order valence-corrected chi connectivity index (χ4v) is 3.73. The zero-order valence-electron chi connectivity index (χ0n) is 18.8. The Bertz CT molecular complexity index is 1490. The minimum absolute atomic E-state index is 0.0476. The lowest BCUT2D eigenvalue weighted by Gasteiger charge is -2.13. The van der Waals surface area contributed by atoms with Gasteiger partial charge in [-0.25, -0.2) is 9.59 Å². The minimum Gasteiger partial charge on any atom is -0.478 e. The summed E-state index contributed by atoms with van der Waals surface area (Å²) in [6.45, 7) is 0. The van der Waals surface area contributed by atoms with Crippen LogP contribution in [0.5, 0.6) is 0 Å². The molecule has 4 aromatic rings. The normalized spacial score (nSPS) is 10.3. The third-order valence-corrected chi connectivity index (χ3v) is 5.41. The number of carbonyl (C=O) groups is 4. The summed E-state index contributed by atoms with van der Waals surface area (Å²) in [5, 5.41) is 24.2. The van der Waals surface area contributed by atoms with Crippen LogP contribution in [0.2, 0.25) is 0 Å². The Morgan fingerprint density at radius 3 is 1.75 bits per heavy atom. The van der Waals surface area contributed by atoms with Gasteiger partial charge in [-0.1, -0.05) is 54.6 Å². The average Bonchev–Trinajstić information content (AvgIpc) is 2.89. The molecule has 0 fully saturated rings. The molecule has 36 heavy (non-hydrogen) atoms. The van der Waals surface area contributed by atoms with Crippen LogP contribution in [0, 0.1) is 0 Å². The van der Waals surface area contributed by atoms with E-state index < -0.39 is 23.8 Å². The Hall–Kier alpha value is -5.24. The van der Waals surface area contributed by atoms with Gasteiger partial charge < -0.3 is 20.8 Å². The number of amides is 2. The van der Waals surface area contributed by atoms with Gasteiger partial charge in [-0.05, 0) is 53.6 Å². The van der Waals surface area contributed by atoms with Gasteiger partial charge in [0.05, 0.1) is 16.8 Å². The molecule has 4 aromatic carbocycles. The first-order chi connectivity index (χ1) is 17.3. The molecule has 4 rings (SSSR count). The van der Waals surface area contributed by atoms with Crippen molar-refractivity contribution in [1.29, 1.82) is 0 Å². The summed E-state index contributed by atoms with van der Waals surface area (Å²) in [7, 11) is 0. The molecule has 0 radical (unpaired) electrons. The summed E-state index contributed by atoms with van der Waals surface area (Å²) in [5.74, 6) is -3.31. The van der Waals surface area contributed by atoms with Crippen LogP contribution in [0.4, 0.5) is 11.4 Å². The lowest BCUT2D eigenvalue weighted by atomic mass is 9.95. The average molecular weight is 480 g/mol. The Balaban J connectivity index is 1.59. The van der Waals surface area contributed by atoms with E-state index in [9.17, 15) is 29.4 Å². The Labute approximate surface area is 205 Å². The van der Waals surface area contributed by atoms with Crippen LogP contribution >= 0.6 is 0 Å². The standard InChI is InChI=1S/C28H20N2O6/c31-25(30-24-15-6-5-14-23(24)28(35)36)17-8-7-9-18(16-17)29-26(32)21-12-3-1-10-19(21)20-11-2-4-13-22(20)27(33)34/h1-16H,(H,29,32)(H,30,31)(H,33,34)(H,35,36). The zero-order valence-corrected chi connectivity index (χ0v) is 18.8. The van der Waals surface area contributed by atoms with E-state index >= 15 is 0 Å². The number of nitrogens with one attached hydrogen (secondary N) is 2. The van der Waals surface area contributed by atoms with Crippen molar-refractivity contribution in [2.45, 2.75) is 0 Å². The number of carboxylic acids is 2. The number of benzene rings is 4. The zero-order chi connectivity index (χ0) is 25.7. The van der Waals surface area contributed by atoms with Crippen molar-refractivity contribution in [3.05, 3.63) is 119 Å². The third kappa shape index (κ3) is 5.13. The largest absolute Gasteiger partial charge is 0.478 e. The highest BCUT2D eigenvalue weighted by Crippen LogP contribution is 2.28. The van der Waals surface area contributed by atoms with Crippen molar-refractivity contribution in [3.8, 4) is 11.1 Å². The number of aromatic carboxylic acids is 2. The maximum absolute atomic E-state index is 13.2. The summed E-state index contributed by atoms with van der Waals surface area (Å²) < 4.78 is 0. The van der Waals surface area contributed by atoms with Gasteiger partial charge in [-0.2, -0.15) is 0 Å². The first-order valence-corrected chi connectivity index (χ1v) is 10.8. The molecule has 0 saturated heterocycles. The predicted octanol–water partition coefficient (Wildman–Crippen LogP) is 5.25. The van der Waals surface area contributed by atoms with Gasteiger partial charge in [0.15, 0.2) is 0 Å². The number of hydrogen-bond donors (Lipinski definition) is 4. The Morgan fingerprint density at radius 2 is 1.08 bits per heavy atom. The summed E-state index contributed by atoms with van der Waals surface area (Å²) in [6, 6.07) is 25.3. The molecule has 0 saturated carbocycles. The first-order valence-electron chi connectivity index (χ1n) is 10.8. The topological polar surface area (TPSA) is 133 Å². The van der Waals surface area contributed by atoms with E-state index in [4.69, 9.17) is 0 Å². The molecule has 8 heteroatoms. The van der Waals surface area contributed by atoms with E-state index in [1.54, 1.807) is 66.7 Å². The van der Waals surface area contributed by atoms with Crippen LogP contribution in [-0.4, -0.2) is 34.0 Å². The highest BCUT2D eigenvalue weighted by molar-refractivity contribution is 6.12. The number of anilines is 2. The van der Waals surface area contributed by atoms with Crippen molar-refractivity contribution in [3.63, 3.8) is 0 Å². The molecule has 0 unspecified atom stereocenters. The van der Waals surface area contributed by atoms with Gasteiger partial charge >= 0.3 is 11.9 Å². The molecule has 0 bridgehead atoms. The SMILES string of the molecule is O=C(Nc1ccccc1C(=O)O)c1cccc(NC(=O)c2ccccc2-c2ccccc2C(=O)O)c1. The van der Waals surface area contributed by atoms with E-state index in [0.29, 0.717) is 16.8 Å². The van der Waals surface area contributed by atoms with Crippen LogP contribution in [0.15, 0.2) is 97.1 Å². The van der Waals surface area contributed by atoms with Crippen molar-refractivity contribution in [1.82, 2.24) is 0 Å². The minimum atomic E-state index is -1.17. The number of hydrogen-bond acceptors (Lipinski definition) is 4. The molecule has 0 aliphatic heterocycles. The highest BCUT2D eigenvalue weighted by Gasteiger charge is 2.18. The predicted molar refractivity (Wildman–Crippen MR) is 135 cm³/mol. The van der Waals surface area contributed by atoms with E-state index in [1.165, 1.54) is 30.3 Å². The van der Waals surface area contributed by atoms with Gasteiger partial charge in [0.2, 0.25) is 0 Å². The second-order valence-corrected chi connectivity index (χ2v) is 7.74. The second kappa shape index (κ2) is 10.4. The van der Waals surface area contributed by atoms with Gasteiger partial charge in [0, 0.05) is 16.8 Å². The van der Waals surface area contributed by atoms with Crippen LogP contribution in [0.3, 0.4) is 0 Å². The van der Waals surface area contributed by atoms with Gasteiger partial charge in [-0.3, -0.25) is 9.59 Å². The number of carboxylic acid groups (broad SMARTS) is 2. The maximum atomic E-state index is 13.2. The molecule has 0 aliphatic carbocycles. The summed E-state index contributed by atoms with van der Waals surface area (Å²) >= 11 is 0. The summed E-state index contributed by atoms with van der Waals surface area (Å²) in [6.07, 6.45) is 0. The van der Waals surface area contributed by atoms with Crippen LogP contribution in [0.25, 0.3) is 11.1 Å². The molecule has 0 heterocycles. The molecule has 4 N–H and O–H groups in total. The molecule has 0 atom stereocenters. The monoisotopic (exact) mass is 480 g/mol. The van der Waals surface area contributed by atoms with Gasteiger partial charge in [0.25, 0.3) is 11.8 Å². The van der Waals surface area contributed by atoms with E-state index in [2.05, 4.69) is 10.6 Å². The molecule has 8 nitrogen and oxygen atoms in total. The lowest BCUT2D eigenvalue weighted by molar-refractivity contribution is 0.0687. The Kier molecular flexibility index (Phi) is 6.87. The highest BCUT2D eigenvalue weighted by atomic mass is 16.4. The van der Waals surface area contributed by atoms with Crippen molar-refractivity contribution in [2.75, 3.05) is 10.6 Å². The van der Waals surface area contributed by atoms with E-state index in [0.717, 1.165) is 0 Å². The third-order valence-electron chi connectivity index (χ3n) is 5.41. The quantitative estimate of drug-likeness (QED) is 0.285. The van der Waals surface area contributed by atoms with Crippen LogP contribution in [-0.2, 0) is 0 Å². The lowest BCUT2D eigenvalue weighted by Crippen LogP contribution is -2.16. The van der Waals surface area contributed by atoms with Gasteiger partial charge in [0.1, 0.15) is 0 Å². The first kappa shape index (κ1) is 23.9. The molecule has 2 amide bonds. The molecule has 178 valence electrons. The molecule has 0 aromatic heterocycles. The number of carbonyl (C=O) groups excluding carboxylic acids is 2. The smallest absolute Gasteiger partial charge is 0.337 e. The van der Waals surface area contributed by atoms with Crippen molar-refractivity contribution >= 4 is 35.1 Å². The molecular weight excluding hydrogens is 460 g/mol. The van der Waals surface area contributed by atoms with Crippen LogP contribution in [0.1, 0.15) is 41.4 Å². The maximum Gasteiger partial charge on any atom is 0.337 e. The van der Waals surface area contributed by atoms with Crippen LogP contribution < -0.4 is 10.6 Å². The van der Waals surface area contributed by atoms with Crippen molar-refractivity contribution in [2.24, 2.45) is 0 Å². The van der Waals surface area contributed by atoms with E-state index in [1.807, 2.05) is 0 Å². The van der Waals surface area contributed by atoms with Crippen molar-refractivity contribution < 1.29 is 29.4 Å². The Morgan fingerprint density at radius 1 is 0.528 bits per heavy atom. The fraction of sp³-hybridized carbons (Fsp3) is 0. The summed E-state index contributed by atoms with van der Waals surface area (Å²) in [5.41, 5.74) is 1.82. The fourth-order valence-electron chi connectivity index (χ4n) is 3.73. The molecular formula is C28H20N2O6. The van der Waals surface area contributed by atoms with E-state index in [-0.39, 0.29) is 27.9 Å². The molecule has 0 spiro atoms. The number of rotatable bonds is 7. The van der Waals surface area contributed by atoms with Gasteiger partial charge in [-0.15, -0.1) is 0 Å². The number of para-hydroxylation sites is 1. The molecule has 0 aliphatic rings. The summed E-state index contributed by atoms with van der Waals surface area (Å²) in [4.78, 5) is 49.0. The second-order valence-electron chi connectivity index (χ2n) is 7.74.